The van der Waals surface area contributed by atoms with Crippen LogP contribution in [-0.2, 0) is 23.9 Å². The first kappa shape index (κ1) is 33.5. The lowest BCUT2D eigenvalue weighted by molar-refractivity contribution is -0.137. The van der Waals surface area contributed by atoms with Gasteiger partial charge >= 0.3 is 6.18 Å². The second-order valence-electron chi connectivity index (χ2n) is 11.2. The molecule has 5 nitrogen and oxygen atoms in total. The molecule has 0 aromatic heterocycles. The Balaban J connectivity index is 1.35. The van der Waals surface area contributed by atoms with Crippen molar-refractivity contribution in [2.45, 2.75) is 32.5 Å². The summed E-state index contributed by atoms with van der Waals surface area (Å²) in [6.07, 6.45) is -3.97. The van der Waals surface area contributed by atoms with Crippen molar-refractivity contribution in [3.05, 3.63) is 131 Å². The van der Waals surface area contributed by atoms with Crippen LogP contribution in [0.15, 0.2) is 103 Å². The number of likely N-dealkylation sites (N-methyl/N-ethyl adjacent to an activating group) is 1. The number of aliphatic imine (C=N–C) groups is 1. The van der Waals surface area contributed by atoms with Gasteiger partial charge in [-0.1, -0.05) is 80.2 Å². The number of rotatable bonds is 12. The molecule has 1 heterocycles. The average molecular weight is 647 g/mol. The fourth-order valence-electron chi connectivity index (χ4n) is 5.52. The molecule has 1 N–H and O–H groups in total. The Bertz CT molecular complexity index is 1750. The molecule has 4 aromatic rings. The van der Waals surface area contributed by atoms with Crippen LogP contribution in [0, 0.1) is 11.6 Å². The molecular formula is C37H35F5N4O. The zero-order chi connectivity index (χ0) is 33.6. The fourth-order valence-corrected chi connectivity index (χ4v) is 5.52. The molecule has 10 heteroatoms. The van der Waals surface area contributed by atoms with Crippen LogP contribution in [0.3, 0.4) is 0 Å². The summed E-state index contributed by atoms with van der Waals surface area (Å²) in [6.45, 7) is 8.07. The number of carbonyl (C=O) groups excluding carboxylic acids is 1. The van der Waals surface area contributed by atoms with Crippen LogP contribution in [0.2, 0.25) is 0 Å². The number of hydrogen-bond acceptors (Lipinski definition) is 4. The van der Waals surface area contributed by atoms with Crippen LogP contribution >= 0.6 is 0 Å². The van der Waals surface area contributed by atoms with Crippen molar-refractivity contribution in [2.75, 3.05) is 31.1 Å². The number of nitrogens with zero attached hydrogens (tertiary/aromatic N) is 3. The van der Waals surface area contributed by atoms with Gasteiger partial charge in [0.2, 0.25) is 5.91 Å². The van der Waals surface area contributed by atoms with Crippen molar-refractivity contribution in [3.8, 4) is 11.1 Å². The van der Waals surface area contributed by atoms with E-state index in [0.29, 0.717) is 36.7 Å². The van der Waals surface area contributed by atoms with Crippen LogP contribution in [0.4, 0.5) is 27.6 Å². The zero-order valence-electron chi connectivity index (χ0n) is 26.0. The lowest BCUT2D eigenvalue weighted by atomic mass is 10.0. The van der Waals surface area contributed by atoms with Crippen molar-refractivity contribution in [2.24, 2.45) is 4.99 Å². The van der Waals surface area contributed by atoms with E-state index in [1.165, 1.54) is 24.3 Å². The highest BCUT2D eigenvalue weighted by Crippen LogP contribution is 2.34. The first-order chi connectivity index (χ1) is 22.5. The summed E-state index contributed by atoms with van der Waals surface area (Å²) in [5.41, 5.74) is 3.83. The average Bonchev–Trinajstić information content (AvgIpc) is 3.06. The minimum atomic E-state index is -4.40. The molecule has 4 aromatic carbocycles. The summed E-state index contributed by atoms with van der Waals surface area (Å²) in [7, 11) is 0. The molecule has 0 aliphatic carbocycles. The zero-order valence-corrected chi connectivity index (χ0v) is 26.0. The molecule has 1 amide bonds. The second kappa shape index (κ2) is 14.7. The molecule has 0 saturated heterocycles. The molecular weight excluding hydrogens is 611 g/mol. The number of fused-ring (bicyclic) bond motifs is 1. The van der Waals surface area contributed by atoms with E-state index in [-0.39, 0.29) is 30.9 Å². The van der Waals surface area contributed by atoms with Gasteiger partial charge in [-0.3, -0.25) is 4.79 Å². The first-order valence-corrected chi connectivity index (χ1v) is 15.4. The quantitative estimate of drug-likeness (QED) is 0.125. The lowest BCUT2D eigenvalue weighted by Crippen LogP contribution is -2.46. The standard InChI is InChI=1S/C37H35F5N4O/c1-3-43-21-22-45(23-26-11-13-27(14-12-26)28-15-18-30(19-16-28)37(40,41)42)35(47)24-46-33-10-5-4-8-31(33)25(2)44-34(46)20-17-29-7-6-9-32(38)36(29)39/h4-16,18-19,43H,2-3,17,20-24H2,1H3. The van der Waals surface area contributed by atoms with Crippen molar-refractivity contribution in [3.63, 3.8) is 0 Å². The number of para-hydroxylation sites is 1. The number of carbonyl (C=O) groups is 1. The molecule has 0 radical (unpaired) electrons. The summed E-state index contributed by atoms with van der Waals surface area (Å²) < 4.78 is 67.3. The van der Waals surface area contributed by atoms with Gasteiger partial charge in [0.05, 0.1) is 16.9 Å². The molecule has 5 rings (SSSR count). The molecule has 0 unspecified atom stereocenters. The van der Waals surface area contributed by atoms with Gasteiger partial charge in [-0.05, 0) is 59.5 Å². The smallest absolute Gasteiger partial charge is 0.336 e. The Morgan fingerprint density at radius 3 is 2.26 bits per heavy atom. The molecule has 0 bridgehead atoms. The summed E-state index contributed by atoms with van der Waals surface area (Å²) in [6, 6.07) is 23.9. The maximum Gasteiger partial charge on any atom is 0.416 e. The Morgan fingerprint density at radius 1 is 0.894 bits per heavy atom. The molecule has 0 spiro atoms. The second-order valence-corrected chi connectivity index (χ2v) is 11.2. The van der Waals surface area contributed by atoms with E-state index >= 15 is 0 Å². The SMILES string of the molecule is C=C1N=C(CCc2cccc(F)c2F)N(CC(=O)N(CCNCC)Cc2ccc(-c3ccc(C(F)(F)F)cc3)cc2)c2ccccc21. The maximum absolute atomic E-state index is 14.5. The Labute approximate surface area is 271 Å². The monoisotopic (exact) mass is 646 g/mol. The van der Waals surface area contributed by atoms with Crippen LogP contribution in [-0.4, -0.2) is 42.8 Å². The van der Waals surface area contributed by atoms with E-state index < -0.39 is 23.4 Å². The number of hydrogen-bond donors (Lipinski definition) is 1. The molecule has 0 saturated carbocycles. The Kier molecular flexibility index (Phi) is 10.5. The molecule has 0 atom stereocenters. The number of amides is 1. The van der Waals surface area contributed by atoms with E-state index in [0.717, 1.165) is 47.1 Å². The molecule has 244 valence electrons. The van der Waals surface area contributed by atoms with Crippen LogP contribution in [0.25, 0.3) is 16.8 Å². The minimum Gasteiger partial charge on any atom is -0.336 e. The van der Waals surface area contributed by atoms with Crippen molar-refractivity contribution >= 4 is 23.1 Å². The highest BCUT2D eigenvalue weighted by atomic mass is 19.4. The van der Waals surface area contributed by atoms with Gasteiger partial charge in [0.15, 0.2) is 11.6 Å². The van der Waals surface area contributed by atoms with Gasteiger partial charge in [-0.25, -0.2) is 13.8 Å². The molecule has 0 fully saturated rings. The first-order valence-electron chi connectivity index (χ1n) is 15.4. The summed E-state index contributed by atoms with van der Waals surface area (Å²) in [5, 5.41) is 3.26. The summed E-state index contributed by atoms with van der Waals surface area (Å²) >= 11 is 0. The van der Waals surface area contributed by atoms with Gasteiger partial charge in [0, 0.05) is 31.6 Å². The number of anilines is 1. The Hall–Kier alpha value is -4.83. The van der Waals surface area contributed by atoms with Crippen molar-refractivity contribution < 1.29 is 26.7 Å². The third kappa shape index (κ3) is 8.13. The van der Waals surface area contributed by atoms with Gasteiger partial charge in [-0.2, -0.15) is 13.2 Å². The Morgan fingerprint density at radius 2 is 1.57 bits per heavy atom. The minimum absolute atomic E-state index is 0.0372. The predicted octanol–water partition coefficient (Wildman–Crippen LogP) is 8.11. The normalized spacial score (nSPS) is 12.9. The van der Waals surface area contributed by atoms with Gasteiger partial charge < -0.3 is 15.1 Å². The molecule has 47 heavy (non-hydrogen) atoms. The van der Waals surface area contributed by atoms with Crippen LogP contribution in [0.5, 0.6) is 0 Å². The van der Waals surface area contributed by atoms with Crippen LogP contribution in [0.1, 0.15) is 35.6 Å². The topological polar surface area (TPSA) is 47.9 Å². The third-order valence-electron chi connectivity index (χ3n) is 8.06. The van der Waals surface area contributed by atoms with E-state index in [4.69, 9.17) is 0 Å². The maximum atomic E-state index is 14.5. The van der Waals surface area contributed by atoms with Crippen molar-refractivity contribution in [1.82, 2.24) is 10.2 Å². The number of halogens is 5. The van der Waals surface area contributed by atoms with Gasteiger partial charge in [0.25, 0.3) is 0 Å². The molecule has 1 aliphatic rings. The number of alkyl halides is 3. The summed E-state index contributed by atoms with van der Waals surface area (Å²) in [4.78, 5) is 22.2. The predicted molar refractivity (Wildman–Crippen MR) is 176 cm³/mol. The highest BCUT2D eigenvalue weighted by molar-refractivity contribution is 6.08. The summed E-state index contributed by atoms with van der Waals surface area (Å²) in [5.74, 6) is -1.46. The van der Waals surface area contributed by atoms with E-state index in [1.54, 1.807) is 4.90 Å². The highest BCUT2D eigenvalue weighted by Gasteiger charge is 2.30. The fraction of sp³-hybridized carbons (Fsp3) is 0.243. The van der Waals surface area contributed by atoms with E-state index in [9.17, 15) is 26.7 Å². The largest absolute Gasteiger partial charge is 0.416 e. The van der Waals surface area contributed by atoms with Crippen LogP contribution < -0.4 is 10.2 Å². The number of amidine groups is 1. The number of aryl methyl sites for hydroxylation is 1. The number of nitrogens with one attached hydrogen (secondary N) is 1. The van der Waals surface area contributed by atoms with Crippen molar-refractivity contribution in [1.29, 1.82) is 0 Å². The van der Waals surface area contributed by atoms with E-state index in [2.05, 4.69) is 16.9 Å². The third-order valence-corrected chi connectivity index (χ3v) is 8.06. The van der Waals surface area contributed by atoms with Gasteiger partial charge in [0.1, 0.15) is 12.4 Å². The van der Waals surface area contributed by atoms with E-state index in [1.807, 2.05) is 60.4 Å². The van der Waals surface area contributed by atoms with Gasteiger partial charge in [-0.15, -0.1) is 0 Å². The molecule has 1 aliphatic heterocycles. The number of benzene rings is 4. The lowest BCUT2D eigenvalue weighted by Gasteiger charge is -2.34.